The van der Waals surface area contributed by atoms with Crippen LogP contribution >= 0.6 is 11.6 Å². The fourth-order valence-electron chi connectivity index (χ4n) is 2.75. The minimum atomic E-state index is -1.07. The normalized spacial score (nSPS) is 11.0. The molecular formula is C19H13ClN4O3. The maximum atomic E-state index is 12.4. The number of fused-ring (bicyclic) bond motifs is 1. The largest absolute Gasteiger partial charge is 0.478 e. The van der Waals surface area contributed by atoms with Crippen molar-refractivity contribution in [3.63, 3.8) is 0 Å². The molecule has 0 unspecified atom stereocenters. The average molecular weight is 381 g/mol. The van der Waals surface area contributed by atoms with Crippen LogP contribution in [0.5, 0.6) is 0 Å². The Morgan fingerprint density at radius 3 is 2.63 bits per heavy atom. The highest BCUT2D eigenvalue weighted by molar-refractivity contribution is 6.32. The molecule has 7 nitrogen and oxygen atoms in total. The van der Waals surface area contributed by atoms with E-state index in [-0.39, 0.29) is 17.8 Å². The Morgan fingerprint density at radius 1 is 1.15 bits per heavy atom. The van der Waals surface area contributed by atoms with Crippen molar-refractivity contribution in [3.05, 3.63) is 76.6 Å². The van der Waals surface area contributed by atoms with Gasteiger partial charge in [0, 0.05) is 23.2 Å². The number of halogens is 1. The maximum Gasteiger partial charge on any atom is 0.338 e. The predicted octanol–water partition coefficient (Wildman–Crippen LogP) is 3.53. The minimum absolute atomic E-state index is 0.0326. The van der Waals surface area contributed by atoms with Gasteiger partial charge in [-0.2, -0.15) is 5.10 Å². The lowest BCUT2D eigenvalue weighted by molar-refractivity contribution is 0.0696. The molecule has 2 aromatic heterocycles. The van der Waals surface area contributed by atoms with Gasteiger partial charge >= 0.3 is 5.97 Å². The number of hydrogen-bond donors (Lipinski definition) is 2. The molecule has 0 saturated carbocycles. The zero-order valence-corrected chi connectivity index (χ0v) is 14.6. The van der Waals surface area contributed by atoms with Gasteiger partial charge in [0.2, 0.25) is 5.95 Å². The van der Waals surface area contributed by atoms with Gasteiger partial charge in [-0.05, 0) is 17.7 Å². The molecule has 0 atom stereocenters. The Labute approximate surface area is 158 Å². The van der Waals surface area contributed by atoms with E-state index in [1.165, 1.54) is 17.1 Å². The van der Waals surface area contributed by atoms with Crippen molar-refractivity contribution in [2.24, 2.45) is 0 Å². The number of benzene rings is 2. The molecule has 2 heterocycles. The van der Waals surface area contributed by atoms with E-state index in [4.69, 9.17) is 16.7 Å². The molecule has 134 valence electrons. The Kier molecular flexibility index (Phi) is 4.21. The summed E-state index contributed by atoms with van der Waals surface area (Å²) in [5.41, 5.74) is 2.63. The number of ketones is 1. The predicted molar refractivity (Wildman–Crippen MR) is 99.7 cm³/mol. The molecule has 0 fully saturated rings. The second kappa shape index (κ2) is 6.69. The quantitative estimate of drug-likeness (QED) is 0.516. The topological polar surface area (TPSA) is 101 Å². The summed E-state index contributed by atoms with van der Waals surface area (Å²) in [6.07, 6.45) is 2.77. The van der Waals surface area contributed by atoms with Gasteiger partial charge in [-0.25, -0.2) is 14.5 Å². The third-order valence-corrected chi connectivity index (χ3v) is 4.48. The molecule has 4 rings (SSSR count). The van der Waals surface area contributed by atoms with Crippen LogP contribution in [0.1, 0.15) is 26.3 Å². The van der Waals surface area contributed by atoms with E-state index >= 15 is 0 Å². The van der Waals surface area contributed by atoms with Crippen LogP contribution in [0.3, 0.4) is 0 Å². The van der Waals surface area contributed by atoms with Gasteiger partial charge in [-0.15, -0.1) is 0 Å². The van der Waals surface area contributed by atoms with Crippen molar-refractivity contribution in [2.75, 3.05) is 0 Å². The molecule has 0 spiro atoms. The zero-order chi connectivity index (χ0) is 19.0. The van der Waals surface area contributed by atoms with E-state index in [2.05, 4.69) is 15.1 Å². The molecule has 0 bridgehead atoms. The number of aromatic carboxylic acids is 1. The number of imidazole rings is 1. The third kappa shape index (κ3) is 3.32. The summed E-state index contributed by atoms with van der Waals surface area (Å²) < 4.78 is 1.34. The van der Waals surface area contributed by atoms with E-state index in [1.807, 2.05) is 18.2 Å². The highest BCUT2D eigenvalue weighted by Crippen LogP contribution is 2.25. The number of carboxylic acid groups (broad SMARTS) is 1. The van der Waals surface area contributed by atoms with Crippen LogP contribution in [0.15, 0.2) is 54.9 Å². The molecule has 8 heteroatoms. The van der Waals surface area contributed by atoms with Crippen molar-refractivity contribution >= 4 is 34.4 Å². The molecule has 0 saturated heterocycles. The number of aromatic amines is 1. The summed E-state index contributed by atoms with van der Waals surface area (Å²) in [5, 5.41) is 13.4. The fourth-order valence-corrected chi connectivity index (χ4v) is 2.98. The highest BCUT2D eigenvalue weighted by atomic mass is 35.5. The van der Waals surface area contributed by atoms with E-state index in [1.54, 1.807) is 24.3 Å². The van der Waals surface area contributed by atoms with Crippen LogP contribution in [0, 0.1) is 0 Å². The first-order chi connectivity index (χ1) is 13.0. The molecule has 2 N–H and O–H groups in total. The zero-order valence-electron chi connectivity index (χ0n) is 13.9. The number of nitrogens with zero attached hydrogens (tertiary/aromatic N) is 3. The second-order valence-electron chi connectivity index (χ2n) is 5.97. The van der Waals surface area contributed by atoms with Crippen LogP contribution in [0.2, 0.25) is 5.02 Å². The number of rotatable bonds is 5. The smallest absolute Gasteiger partial charge is 0.338 e. The van der Waals surface area contributed by atoms with Crippen LogP contribution in [0.4, 0.5) is 0 Å². The van der Waals surface area contributed by atoms with Gasteiger partial charge < -0.3 is 10.1 Å². The van der Waals surface area contributed by atoms with E-state index in [9.17, 15) is 9.59 Å². The Hall–Kier alpha value is -3.45. The number of aromatic nitrogens is 4. The number of nitrogens with one attached hydrogen (secondary N) is 1. The first-order valence-corrected chi connectivity index (χ1v) is 8.44. The summed E-state index contributed by atoms with van der Waals surface area (Å²) in [4.78, 5) is 30.9. The molecule has 4 aromatic rings. The van der Waals surface area contributed by atoms with Crippen LogP contribution in [-0.2, 0) is 6.42 Å². The van der Waals surface area contributed by atoms with Gasteiger partial charge in [0.1, 0.15) is 0 Å². The van der Waals surface area contributed by atoms with Gasteiger partial charge in [-0.1, -0.05) is 41.9 Å². The van der Waals surface area contributed by atoms with Crippen molar-refractivity contribution in [1.29, 1.82) is 0 Å². The first-order valence-electron chi connectivity index (χ1n) is 8.06. The molecule has 0 aliphatic carbocycles. The third-order valence-electron chi connectivity index (χ3n) is 4.13. The van der Waals surface area contributed by atoms with Crippen molar-refractivity contribution in [1.82, 2.24) is 19.7 Å². The average Bonchev–Trinajstić information content (AvgIpc) is 3.29. The number of carbonyl (C=O) groups excluding carboxylic acids is 1. The molecular weight excluding hydrogens is 368 g/mol. The molecule has 0 radical (unpaired) electrons. The van der Waals surface area contributed by atoms with E-state index in [0.29, 0.717) is 33.1 Å². The Morgan fingerprint density at radius 2 is 1.93 bits per heavy atom. The van der Waals surface area contributed by atoms with Gasteiger partial charge in [0.05, 0.1) is 22.8 Å². The molecule has 2 aromatic carbocycles. The molecule has 27 heavy (non-hydrogen) atoms. The standard InChI is InChI=1S/C19H13ClN4O3/c20-14-8-16-15(6-12(14)7-17(25)11-4-2-1-3-5-11)22-19(23-16)24-10-13(9-21-24)18(26)27/h1-6,8-10H,7H2,(H,22,23)(H,26,27). The number of hydrogen-bond acceptors (Lipinski definition) is 4. The summed E-state index contributed by atoms with van der Waals surface area (Å²) in [7, 11) is 0. The first kappa shape index (κ1) is 17.0. The molecule has 0 aliphatic heterocycles. The number of carbonyl (C=O) groups is 2. The molecule has 0 amide bonds. The van der Waals surface area contributed by atoms with Gasteiger partial charge in [-0.3, -0.25) is 4.79 Å². The number of Topliss-reactive ketones (excluding diaryl/α,β-unsaturated/α-hetero) is 1. The Bertz CT molecular complexity index is 1160. The van der Waals surface area contributed by atoms with Gasteiger partial charge in [0.15, 0.2) is 5.78 Å². The van der Waals surface area contributed by atoms with E-state index in [0.717, 1.165) is 0 Å². The summed E-state index contributed by atoms with van der Waals surface area (Å²) in [5.74, 6) is -0.739. The second-order valence-corrected chi connectivity index (χ2v) is 6.37. The summed E-state index contributed by atoms with van der Waals surface area (Å²) in [6, 6.07) is 12.5. The number of carboxylic acids is 1. The number of H-pyrrole nitrogens is 1. The summed E-state index contributed by atoms with van der Waals surface area (Å²) >= 11 is 6.33. The van der Waals surface area contributed by atoms with Crippen molar-refractivity contribution < 1.29 is 14.7 Å². The lowest BCUT2D eigenvalue weighted by atomic mass is 10.0. The van der Waals surface area contributed by atoms with Gasteiger partial charge in [0.25, 0.3) is 0 Å². The SMILES string of the molecule is O=C(O)c1cnn(-c2nc3cc(Cl)c(CC(=O)c4ccccc4)cc3[nH]2)c1. The monoisotopic (exact) mass is 380 g/mol. The van der Waals surface area contributed by atoms with Crippen LogP contribution in [0.25, 0.3) is 17.0 Å². The Balaban J connectivity index is 1.66. The highest BCUT2D eigenvalue weighted by Gasteiger charge is 2.14. The molecule has 0 aliphatic rings. The van der Waals surface area contributed by atoms with Crippen LogP contribution < -0.4 is 0 Å². The van der Waals surface area contributed by atoms with Crippen molar-refractivity contribution in [3.8, 4) is 5.95 Å². The lowest BCUT2D eigenvalue weighted by Gasteiger charge is -2.04. The maximum absolute atomic E-state index is 12.4. The lowest BCUT2D eigenvalue weighted by Crippen LogP contribution is -2.03. The summed E-state index contributed by atoms with van der Waals surface area (Å²) in [6.45, 7) is 0. The van der Waals surface area contributed by atoms with Crippen molar-refractivity contribution in [2.45, 2.75) is 6.42 Å². The minimum Gasteiger partial charge on any atom is -0.478 e. The van der Waals surface area contributed by atoms with Crippen LogP contribution in [-0.4, -0.2) is 36.6 Å². The fraction of sp³-hybridized carbons (Fsp3) is 0.0526. The van der Waals surface area contributed by atoms with E-state index < -0.39 is 5.97 Å².